The van der Waals surface area contributed by atoms with Crippen LogP contribution in [0, 0.1) is 17.0 Å². The predicted octanol–water partition coefficient (Wildman–Crippen LogP) is 2.03. The molecule has 0 spiro atoms. The lowest BCUT2D eigenvalue weighted by atomic mass is 10.3. The summed E-state index contributed by atoms with van der Waals surface area (Å²) in [7, 11) is 0. The van der Waals surface area contributed by atoms with Gasteiger partial charge in [-0.3, -0.25) is 14.9 Å². The molecule has 2 aromatic rings. The van der Waals surface area contributed by atoms with Gasteiger partial charge >= 0.3 is 0 Å². The number of furan rings is 1. The number of hydrazone groups is 1. The number of hydrogen-bond acceptors (Lipinski definition) is 6. The number of nitrogens with zero attached hydrogens (tertiary/aromatic N) is 2. The quantitative estimate of drug-likeness (QED) is 0.499. The van der Waals surface area contributed by atoms with E-state index < -0.39 is 10.8 Å². The number of nitro benzene ring substituents is 1. The SMILES string of the molecule is Cc1ccc(C=NNC(=O)COc2ccc([N+](=O)[O-])cc2)o1. The molecule has 2 rings (SSSR count). The Balaban J connectivity index is 1.77. The zero-order valence-electron chi connectivity index (χ0n) is 11.7. The third kappa shape index (κ3) is 4.44. The van der Waals surface area contributed by atoms with Crippen LogP contribution >= 0.6 is 0 Å². The van der Waals surface area contributed by atoms with E-state index in [0.29, 0.717) is 11.5 Å². The van der Waals surface area contributed by atoms with Gasteiger partial charge in [-0.05, 0) is 31.2 Å². The summed E-state index contributed by atoms with van der Waals surface area (Å²) in [5, 5.41) is 14.2. The first-order chi connectivity index (χ1) is 10.5. The second-order valence-electron chi connectivity index (χ2n) is 4.28. The van der Waals surface area contributed by atoms with Crippen LogP contribution in [-0.2, 0) is 4.79 Å². The number of benzene rings is 1. The van der Waals surface area contributed by atoms with Gasteiger partial charge in [0, 0.05) is 12.1 Å². The molecule has 0 saturated carbocycles. The molecular formula is C14H13N3O5. The molecule has 0 bridgehead atoms. The lowest BCUT2D eigenvalue weighted by Crippen LogP contribution is -2.24. The van der Waals surface area contributed by atoms with E-state index in [1.54, 1.807) is 19.1 Å². The van der Waals surface area contributed by atoms with Gasteiger partial charge in [-0.1, -0.05) is 0 Å². The van der Waals surface area contributed by atoms with Gasteiger partial charge in [0.25, 0.3) is 11.6 Å². The Morgan fingerprint density at radius 1 is 1.36 bits per heavy atom. The van der Waals surface area contributed by atoms with E-state index in [9.17, 15) is 14.9 Å². The highest BCUT2D eigenvalue weighted by Crippen LogP contribution is 2.16. The van der Waals surface area contributed by atoms with Crippen molar-refractivity contribution in [3.63, 3.8) is 0 Å². The topological polar surface area (TPSA) is 107 Å². The fraction of sp³-hybridized carbons (Fsp3) is 0.143. The van der Waals surface area contributed by atoms with Crippen LogP contribution in [0.25, 0.3) is 0 Å². The standard InChI is InChI=1S/C14H13N3O5/c1-10-2-5-13(22-10)8-15-16-14(18)9-21-12-6-3-11(4-7-12)17(19)20/h2-8H,9H2,1H3,(H,16,18). The molecule has 1 aromatic carbocycles. The number of hydrogen-bond donors (Lipinski definition) is 1. The molecular weight excluding hydrogens is 290 g/mol. The Bertz CT molecular complexity index is 691. The number of ether oxygens (including phenoxy) is 1. The average molecular weight is 303 g/mol. The van der Waals surface area contributed by atoms with Gasteiger partial charge in [-0.25, -0.2) is 5.43 Å². The van der Waals surface area contributed by atoms with Crippen LogP contribution < -0.4 is 10.2 Å². The molecule has 0 aliphatic rings. The van der Waals surface area contributed by atoms with Crippen LogP contribution in [-0.4, -0.2) is 23.7 Å². The van der Waals surface area contributed by atoms with Crippen molar-refractivity contribution in [2.75, 3.05) is 6.61 Å². The van der Waals surface area contributed by atoms with Crippen molar-refractivity contribution in [1.82, 2.24) is 5.43 Å². The summed E-state index contributed by atoms with van der Waals surface area (Å²) in [5.74, 6) is 1.16. The molecule has 8 heteroatoms. The first-order valence-electron chi connectivity index (χ1n) is 6.30. The van der Waals surface area contributed by atoms with Crippen molar-refractivity contribution in [2.45, 2.75) is 6.92 Å². The Morgan fingerprint density at radius 2 is 2.09 bits per heavy atom. The molecule has 0 fully saturated rings. The zero-order valence-corrected chi connectivity index (χ0v) is 11.7. The fourth-order valence-electron chi connectivity index (χ4n) is 1.54. The van der Waals surface area contributed by atoms with Crippen LogP contribution in [0.3, 0.4) is 0 Å². The summed E-state index contributed by atoms with van der Waals surface area (Å²) in [6, 6.07) is 8.93. The molecule has 0 unspecified atom stereocenters. The van der Waals surface area contributed by atoms with E-state index >= 15 is 0 Å². The maximum Gasteiger partial charge on any atom is 0.277 e. The van der Waals surface area contributed by atoms with Crippen LogP contribution in [0.15, 0.2) is 45.9 Å². The molecule has 0 radical (unpaired) electrons. The minimum atomic E-state index is -0.512. The lowest BCUT2D eigenvalue weighted by molar-refractivity contribution is -0.384. The van der Waals surface area contributed by atoms with Crippen molar-refractivity contribution in [1.29, 1.82) is 0 Å². The molecule has 1 heterocycles. The maximum absolute atomic E-state index is 11.5. The number of carbonyl (C=O) groups excluding carboxylic acids is 1. The molecule has 1 N–H and O–H groups in total. The summed E-state index contributed by atoms with van der Waals surface area (Å²) >= 11 is 0. The molecule has 1 aromatic heterocycles. The van der Waals surface area contributed by atoms with Gasteiger partial charge in [0.15, 0.2) is 6.61 Å². The van der Waals surface area contributed by atoms with Gasteiger partial charge in [-0.2, -0.15) is 5.10 Å². The summed E-state index contributed by atoms with van der Waals surface area (Å²) in [6.45, 7) is 1.54. The summed E-state index contributed by atoms with van der Waals surface area (Å²) in [5.41, 5.74) is 2.23. The number of amides is 1. The van der Waals surface area contributed by atoms with Crippen molar-refractivity contribution >= 4 is 17.8 Å². The van der Waals surface area contributed by atoms with Crippen molar-refractivity contribution in [3.05, 3.63) is 58.0 Å². The monoisotopic (exact) mass is 303 g/mol. The smallest absolute Gasteiger partial charge is 0.277 e. The normalized spacial score (nSPS) is 10.6. The maximum atomic E-state index is 11.5. The Labute approximate surface area is 125 Å². The van der Waals surface area contributed by atoms with E-state index in [1.165, 1.54) is 30.5 Å². The minimum absolute atomic E-state index is 0.0462. The van der Waals surface area contributed by atoms with Crippen LogP contribution in [0.1, 0.15) is 11.5 Å². The highest BCUT2D eigenvalue weighted by molar-refractivity contribution is 5.81. The third-order valence-electron chi connectivity index (χ3n) is 2.56. The predicted molar refractivity (Wildman–Crippen MR) is 77.8 cm³/mol. The Hall–Kier alpha value is -3.16. The summed E-state index contributed by atoms with van der Waals surface area (Å²) < 4.78 is 10.4. The average Bonchev–Trinajstić information content (AvgIpc) is 2.91. The van der Waals surface area contributed by atoms with Gasteiger partial charge in [0.05, 0.1) is 11.1 Å². The highest BCUT2D eigenvalue weighted by atomic mass is 16.6. The number of nitrogens with one attached hydrogen (secondary N) is 1. The number of non-ortho nitro benzene ring substituents is 1. The van der Waals surface area contributed by atoms with Gasteiger partial charge in [0.2, 0.25) is 0 Å². The number of nitro groups is 1. The Morgan fingerprint density at radius 3 is 2.68 bits per heavy atom. The molecule has 0 atom stereocenters. The number of carbonyl (C=O) groups is 1. The van der Waals surface area contributed by atoms with Crippen molar-refractivity contribution in [2.24, 2.45) is 5.10 Å². The minimum Gasteiger partial charge on any atom is -0.484 e. The van der Waals surface area contributed by atoms with E-state index in [4.69, 9.17) is 9.15 Å². The van der Waals surface area contributed by atoms with E-state index in [1.807, 2.05) is 0 Å². The third-order valence-corrected chi connectivity index (χ3v) is 2.56. The van der Waals surface area contributed by atoms with Crippen LogP contribution in [0.5, 0.6) is 5.75 Å². The van der Waals surface area contributed by atoms with Gasteiger partial charge < -0.3 is 9.15 Å². The first-order valence-corrected chi connectivity index (χ1v) is 6.30. The highest BCUT2D eigenvalue weighted by Gasteiger charge is 2.06. The lowest BCUT2D eigenvalue weighted by Gasteiger charge is -2.04. The van der Waals surface area contributed by atoms with E-state index in [2.05, 4.69) is 10.5 Å². The van der Waals surface area contributed by atoms with Crippen molar-refractivity contribution in [3.8, 4) is 5.75 Å². The summed E-state index contributed by atoms with van der Waals surface area (Å²) in [6.07, 6.45) is 1.37. The first kappa shape index (κ1) is 15.2. The molecule has 22 heavy (non-hydrogen) atoms. The largest absolute Gasteiger partial charge is 0.484 e. The number of rotatable bonds is 6. The molecule has 0 aliphatic carbocycles. The summed E-state index contributed by atoms with van der Waals surface area (Å²) in [4.78, 5) is 21.5. The molecule has 8 nitrogen and oxygen atoms in total. The van der Waals surface area contributed by atoms with Crippen LogP contribution in [0.2, 0.25) is 0 Å². The molecule has 0 aliphatic heterocycles. The van der Waals surface area contributed by atoms with E-state index in [0.717, 1.165) is 5.76 Å². The fourth-order valence-corrected chi connectivity index (χ4v) is 1.54. The Kier molecular flexibility index (Phi) is 4.86. The molecule has 1 amide bonds. The van der Waals surface area contributed by atoms with Gasteiger partial charge in [0.1, 0.15) is 17.3 Å². The zero-order chi connectivity index (χ0) is 15.9. The van der Waals surface area contributed by atoms with E-state index in [-0.39, 0.29) is 12.3 Å². The second-order valence-corrected chi connectivity index (χ2v) is 4.28. The second kappa shape index (κ2) is 7.02. The van der Waals surface area contributed by atoms with Gasteiger partial charge in [-0.15, -0.1) is 0 Å². The molecule has 114 valence electrons. The van der Waals surface area contributed by atoms with Crippen molar-refractivity contribution < 1.29 is 18.9 Å². The number of aryl methyl sites for hydroxylation is 1. The molecule has 0 saturated heterocycles. The van der Waals surface area contributed by atoms with Crippen LogP contribution in [0.4, 0.5) is 5.69 Å².